The van der Waals surface area contributed by atoms with Crippen molar-refractivity contribution in [1.82, 2.24) is 5.32 Å². The van der Waals surface area contributed by atoms with E-state index in [4.69, 9.17) is 0 Å². The van der Waals surface area contributed by atoms with Crippen LogP contribution in [0.25, 0.3) is 0 Å². The number of carbonyl (C=O) groups is 2. The molecule has 0 heterocycles. The molecule has 0 spiro atoms. The molecule has 152 valence electrons. The Hall–Kier alpha value is -3.40. The van der Waals surface area contributed by atoms with Crippen LogP contribution in [0.1, 0.15) is 23.1 Å². The minimum atomic E-state index is -0.259. The van der Waals surface area contributed by atoms with Gasteiger partial charge in [0.05, 0.1) is 18.4 Å². The number of benzene rings is 3. The number of nitrogens with one attached hydrogen (secondary N) is 1. The molecule has 1 saturated carbocycles. The van der Waals surface area contributed by atoms with Crippen LogP contribution in [0.5, 0.6) is 0 Å². The number of rotatable bonds is 7. The molecule has 0 aromatic heterocycles. The van der Waals surface area contributed by atoms with Crippen LogP contribution in [0.2, 0.25) is 0 Å². The Kier molecular flexibility index (Phi) is 5.94. The Bertz CT molecular complexity index is 1020. The minimum Gasteiger partial charge on any atom is -0.352 e. The first-order valence-corrected chi connectivity index (χ1v) is 10.4. The maximum Gasteiger partial charge on any atom is 0.231 e. The van der Waals surface area contributed by atoms with Gasteiger partial charge in [0, 0.05) is 12.2 Å². The first kappa shape index (κ1) is 19.9. The molecule has 1 aliphatic rings. The number of para-hydroxylation sites is 1. The molecule has 1 aliphatic carbocycles. The van der Waals surface area contributed by atoms with Crippen molar-refractivity contribution in [3.05, 3.63) is 102 Å². The standard InChI is InChI=1S/C26H26N2O2/c1-19-10-8-9-13-21(19)17-27-25(29)23-16-24(23)26(30)28(22-14-6-3-7-15-22)18-20-11-4-2-5-12-20/h2-15,23-24H,16-18H2,1H3,(H,27,29). The Morgan fingerprint density at radius 3 is 2.20 bits per heavy atom. The summed E-state index contributed by atoms with van der Waals surface area (Å²) in [5.74, 6) is -0.528. The molecular formula is C26H26N2O2. The van der Waals surface area contributed by atoms with E-state index in [1.54, 1.807) is 4.90 Å². The fourth-order valence-corrected chi connectivity index (χ4v) is 3.75. The second-order valence-corrected chi connectivity index (χ2v) is 7.84. The first-order chi connectivity index (χ1) is 14.6. The van der Waals surface area contributed by atoms with E-state index < -0.39 is 0 Å². The number of hydrogen-bond acceptors (Lipinski definition) is 2. The van der Waals surface area contributed by atoms with Gasteiger partial charge in [-0.15, -0.1) is 0 Å². The van der Waals surface area contributed by atoms with Gasteiger partial charge in [-0.25, -0.2) is 0 Å². The highest BCUT2D eigenvalue weighted by Crippen LogP contribution is 2.41. The molecular weight excluding hydrogens is 372 g/mol. The molecule has 3 aromatic carbocycles. The quantitative estimate of drug-likeness (QED) is 0.638. The lowest BCUT2D eigenvalue weighted by atomic mass is 10.1. The molecule has 1 fully saturated rings. The zero-order valence-corrected chi connectivity index (χ0v) is 17.1. The normalized spacial score (nSPS) is 17.2. The predicted molar refractivity (Wildman–Crippen MR) is 119 cm³/mol. The Morgan fingerprint density at radius 2 is 1.50 bits per heavy atom. The third-order valence-electron chi connectivity index (χ3n) is 5.68. The summed E-state index contributed by atoms with van der Waals surface area (Å²) in [6, 6.07) is 27.6. The Labute approximate surface area is 177 Å². The number of carbonyl (C=O) groups excluding carboxylic acids is 2. The average Bonchev–Trinajstić information content (AvgIpc) is 3.59. The molecule has 1 N–H and O–H groups in total. The van der Waals surface area contributed by atoms with Gasteiger partial charge >= 0.3 is 0 Å². The molecule has 3 aromatic rings. The lowest BCUT2D eigenvalue weighted by Crippen LogP contribution is -2.34. The van der Waals surface area contributed by atoms with Gasteiger partial charge in [0.1, 0.15) is 0 Å². The van der Waals surface area contributed by atoms with Crippen molar-refractivity contribution in [3.8, 4) is 0 Å². The monoisotopic (exact) mass is 398 g/mol. The van der Waals surface area contributed by atoms with Gasteiger partial charge in [0.15, 0.2) is 0 Å². The lowest BCUT2D eigenvalue weighted by Gasteiger charge is -2.23. The van der Waals surface area contributed by atoms with Crippen molar-refractivity contribution in [2.75, 3.05) is 4.90 Å². The van der Waals surface area contributed by atoms with Crippen LogP contribution in [0.15, 0.2) is 84.9 Å². The first-order valence-electron chi connectivity index (χ1n) is 10.4. The zero-order chi connectivity index (χ0) is 20.9. The van der Waals surface area contributed by atoms with Crippen LogP contribution < -0.4 is 10.2 Å². The van der Waals surface area contributed by atoms with Crippen LogP contribution in [-0.4, -0.2) is 11.8 Å². The van der Waals surface area contributed by atoms with Crippen LogP contribution >= 0.6 is 0 Å². The number of amides is 2. The number of aryl methyl sites for hydroxylation is 1. The van der Waals surface area contributed by atoms with Gasteiger partial charge < -0.3 is 10.2 Å². The van der Waals surface area contributed by atoms with Crippen molar-refractivity contribution in [2.24, 2.45) is 11.8 Å². The van der Waals surface area contributed by atoms with E-state index in [-0.39, 0.29) is 23.7 Å². The average molecular weight is 399 g/mol. The van der Waals surface area contributed by atoms with Crippen molar-refractivity contribution in [2.45, 2.75) is 26.4 Å². The Balaban J connectivity index is 1.42. The molecule has 4 heteroatoms. The van der Waals surface area contributed by atoms with Gasteiger partial charge in [-0.1, -0.05) is 72.8 Å². The molecule has 2 unspecified atom stereocenters. The summed E-state index contributed by atoms with van der Waals surface area (Å²) in [6.07, 6.45) is 0.608. The molecule has 0 radical (unpaired) electrons. The number of anilines is 1. The molecule has 30 heavy (non-hydrogen) atoms. The van der Waals surface area contributed by atoms with E-state index in [0.717, 1.165) is 22.4 Å². The highest BCUT2D eigenvalue weighted by molar-refractivity contribution is 6.01. The second-order valence-electron chi connectivity index (χ2n) is 7.84. The molecule has 0 saturated heterocycles. The second kappa shape index (κ2) is 8.95. The highest BCUT2D eigenvalue weighted by Gasteiger charge is 2.49. The maximum atomic E-state index is 13.3. The molecule has 0 bridgehead atoms. The summed E-state index contributed by atoms with van der Waals surface area (Å²) in [5.41, 5.74) is 4.18. The van der Waals surface area contributed by atoms with E-state index in [9.17, 15) is 9.59 Å². The summed E-state index contributed by atoms with van der Waals surface area (Å²) in [7, 11) is 0. The lowest BCUT2D eigenvalue weighted by molar-refractivity contribution is -0.126. The molecule has 4 nitrogen and oxygen atoms in total. The van der Waals surface area contributed by atoms with Gasteiger partial charge in [-0.05, 0) is 42.2 Å². The minimum absolute atomic E-state index is 0.0149. The van der Waals surface area contributed by atoms with E-state index >= 15 is 0 Å². The predicted octanol–water partition coefficient (Wildman–Crippen LogP) is 4.48. The maximum absolute atomic E-state index is 13.3. The van der Waals surface area contributed by atoms with Crippen molar-refractivity contribution in [3.63, 3.8) is 0 Å². The van der Waals surface area contributed by atoms with Crippen LogP contribution in [0.4, 0.5) is 5.69 Å². The summed E-state index contributed by atoms with van der Waals surface area (Å²) >= 11 is 0. The molecule has 0 aliphatic heterocycles. The zero-order valence-electron chi connectivity index (χ0n) is 17.1. The fourth-order valence-electron chi connectivity index (χ4n) is 3.75. The molecule has 4 rings (SSSR count). The van der Waals surface area contributed by atoms with Crippen molar-refractivity contribution < 1.29 is 9.59 Å². The van der Waals surface area contributed by atoms with Crippen molar-refractivity contribution in [1.29, 1.82) is 0 Å². The van der Waals surface area contributed by atoms with Crippen LogP contribution in [0.3, 0.4) is 0 Å². The van der Waals surface area contributed by atoms with Gasteiger partial charge in [-0.2, -0.15) is 0 Å². The van der Waals surface area contributed by atoms with Crippen LogP contribution in [0, 0.1) is 18.8 Å². The van der Waals surface area contributed by atoms with E-state index in [2.05, 4.69) is 5.32 Å². The fraction of sp³-hybridized carbons (Fsp3) is 0.231. The van der Waals surface area contributed by atoms with Crippen LogP contribution in [-0.2, 0) is 22.7 Å². The van der Waals surface area contributed by atoms with Gasteiger partial charge in [-0.3, -0.25) is 9.59 Å². The smallest absolute Gasteiger partial charge is 0.231 e. The van der Waals surface area contributed by atoms with E-state index in [0.29, 0.717) is 19.5 Å². The van der Waals surface area contributed by atoms with Gasteiger partial charge in [0.2, 0.25) is 11.8 Å². The summed E-state index contributed by atoms with van der Waals surface area (Å²) < 4.78 is 0. The van der Waals surface area contributed by atoms with E-state index in [1.165, 1.54) is 0 Å². The highest BCUT2D eigenvalue weighted by atomic mass is 16.2. The molecule has 2 amide bonds. The summed E-state index contributed by atoms with van der Waals surface area (Å²) in [4.78, 5) is 27.7. The summed E-state index contributed by atoms with van der Waals surface area (Å²) in [5, 5.41) is 3.01. The summed E-state index contributed by atoms with van der Waals surface area (Å²) in [6.45, 7) is 3.03. The Morgan fingerprint density at radius 1 is 0.867 bits per heavy atom. The number of hydrogen-bond donors (Lipinski definition) is 1. The largest absolute Gasteiger partial charge is 0.352 e. The SMILES string of the molecule is Cc1ccccc1CNC(=O)C1CC1C(=O)N(Cc1ccccc1)c1ccccc1. The number of nitrogens with zero attached hydrogens (tertiary/aromatic N) is 1. The van der Waals surface area contributed by atoms with E-state index in [1.807, 2.05) is 91.9 Å². The van der Waals surface area contributed by atoms with Crippen molar-refractivity contribution >= 4 is 17.5 Å². The molecule has 2 atom stereocenters. The third-order valence-corrected chi connectivity index (χ3v) is 5.68. The third kappa shape index (κ3) is 4.60. The topological polar surface area (TPSA) is 49.4 Å². The van der Waals surface area contributed by atoms with Gasteiger partial charge in [0.25, 0.3) is 0 Å².